The highest BCUT2D eigenvalue weighted by Crippen LogP contribution is 2.18. The van der Waals surface area contributed by atoms with Crippen LogP contribution in [0.2, 0.25) is 0 Å². The maximum Gasteiger partial charge on any atom is 0.273 e. The number of benzene rings is 2. The average Bonchev–Trinajstić information content (AvgIpc) is 3.26. The van der Waals surface area contributed by atoms with Gasteiger partial charge in [0, 0.05) is 24.6 Å². The number of nitrogens with one attached hydrogen (secondary N) is 2. The van der Waals surface area contributed by atoms with Crippen LogP contribution in [0.25, 0.3) is 11.0 Å². The first-order valence-corrected chi connectivity index (χ1v) is 11.5. The van der Waals surface area contributed by atoms with Crippen LogP contribution in [0, 0.1) is 13.8 Å². The van der Waals surface area contributed by atoms with E-state index in [0.717, 1.165) is 36.8 Å². The smallest absolute Gasteiger partial charge is 0.273 e. The van der Waals surface area contributed by atoms with Gasteiger partial charge in [-0.3, -0.25) is 19.0 Å². The number of aromatic nitrogens is 2. The van der Waals surface area contributed by atoms with E-state index in [4.69, 9.17) is 0 Å². The molecule has 1 aliphatic rings. The van der Waals surface area contributed by atoms with Gasteiger partial charge in [0.1, 0.15) is 12.2 Å². The lowest BCUT2D eigenvalue weighted by Gasteiger charge is -2.14. The Morgan fingerprint density at radius 3 is 2.45 bits per heavy atom. The Kier molecular flexibility index (Phi) is 6.87. The standard InChI is InChI=1S/C26H30N4O3/c1-17-13-18(2)15-20(14-17)28-25(32)16-30-23-10-6-5-9-21(23)29-22(26(30)33)11-12-24(31)27-19-7-3-4-8-19/h5-6,9-10,13-15,19H,3-4,7-8,11-12,16H2,1-2H3,(H,27,31)(H,28,32). The van der Waals surface area contributed by atoms with Crippen molar-refractivity contribution in [3.05, 3.63) is 69.6 Å². The second kappa shape index (κ2) is 9.98. The Morgan fingerprint density at radius 1 is 1.03 bits per heavy atom. The van der Waals surface area contributed by atoms with Crippen molar-refractivity contribution in [3.8, 4) is 0 Å². The van der Waals surface area contributed by atoms with Crippen LogP contribution in [0.5, 0.6) is 0 Å². The largest absolute Gasteiger partial charge is 0.353 e. The van der Waals surface area contributed by atoms with Gasteiger partial charge in [0.15, 0.2) is 0 Å². The molecule has 172 valence electrons. The van der Waals surface area contributed by atoms with Crippen LogP contribution in [0.15, 0.2) is 47.3 Å². The molecule has 7 heteroatoms. The molecule has 1 fully saturated rings. The molecule has 7 nitrogen and oxygen atoms in total. The molecule has 2 N–H and O–H groups in total. The fraction of sp³-hybridized carbons (Fsp3) is 0.385. The van der Waals surface area contributed by atoms with E-state index in [1.54, 1.807) is 6.07 Å². The third kappa shape index (κ3) is 5.66. The van der Waals surface area contributed by atoms with Gasteiger partial charge in [0.05, 0.1) is 11.0 Å². The first-order valence-electron chi connectivity index (χ1n) is 11.5. The lowest BCUT2D eigenvalue weighted by molar-refractivity contribution is -0.121. The van der Waals surface area contributed by atoms with Crippen molar-refractivity contribution in [2.75, 3.05) is 5.32 Å². The Morgan fingerprint density at radius 2 is 1.73 bits per heavy atom. The Bertz CT molecular complexity index is 1220. The van der Waals surface area contributed by atoms with Crippen molar-refractivity contribution in [2.45, 2.75) is 65.0 Å². The molecule has 0 atom stereocenters. The van der Waals surface area contributed by atoms with Crippen LogP contribution >= 0.6 is 0 Å². The van der Waals surface area contributed by atoms with Gasteiger partial charge in [0.25, 0.3) is 5.56 Å². The molecule has 0 saturated heterocycles. The molecule has 0 spiro atoms. The topological polar surface area (TPSA) is 93.1 Å². The minimum absolute atomic E-state index is 0.0598. The van der Waals surface area contributed by atoms with Gasteiger partial charge in [-0.2, -0.15) is 0 Å². The molecule has 2 amide bonds. The summed E-state index contributed by atoms with van der Waals surface area (Å²) in [5.41, 5.74) is 3.99. The van der Waals surface area contributed by atoms with E-state index in [1.807, 2.05) is 50.2 Å². The maximum absolute atomic E-state index is 13.2. The van der Waals surface area contributed by atoms with E-state index < -0.39 is 0 Å². The van der Waals surface area contributed by atoms with Crippen molar-refractivity contribution in [2.24, 2.45) is 0 Å². The zero-order valence-electron chi connectivity index (χ0n) is 19.2. The predicted molar refractivity (Wildman–Crippen MR) is 129 cm³/mol. The monoisotopic (exact) mass is 446 g/mol. The number of fused-ring (bicyclic) bond motifs is 1. The summed E-state index contributed by atoms with van der Waals surface area (Å²) in [5, 5.41) is 5.94. The van der Waals surface area contributed by atoms with E-state index >= 15 is 0 Å². The molecule has 0 radical (unpaired) electrons. The van der Waals surface area contributed by atoms with E-state index in [1.165, 1.54) is 4.57 Å². The lowest BCUT2D eigenvalue weighted by atomic mass is 10.1. The Labute approximate surface area is 193 Å². The number of carbonyl (C=O) groups excluding carboxylic acids is 2. The number of hydrogen-bond donors (Lipinski definition) is 2. The van der Waals surface area contributed by atoms with Gasteiger partial charge in [-0.1, -0.05) is 31.0 Å². The van der Waals surface area contributed by atoms with Gasteiger partial charge in [-0.05, 0) is 62.1 Å². The first kappa shape index (κ1) is 22.7. The van der Waals surface area contributed by atoms with E-state index in [-0.39, 0.29) is 42.8 Å². The Hall–Kier alpha value is -3.48. The summed E-state index contributed by atoms with van der Waals surface area (Å²) >= 11 is 0. The fourth-order valence-electron chi connectivity index (χ4n) is 4.56. The zero-order chi connectivity index (χ0) is 23.4. The van der Waals surface area contributed by atoms with Crippen LogP contribution in [-0.2, 0) is 22.6 Å². The molecule has 0 aliphatic heterocycles. The summed E-state index contributed by atoms with van der Waals surface area (Å²) in [7, 11) is 0. The van der Waals surface area contributed by atoms with E-state index in [9.17, 15) is 14.4 Å². The van der Waals surface area contributed by atoms with Gasteiger partial charge in [-0.15, -0.1) is 0 Å². The Balaban J connectivity index is 1.53. The zero-order valence-corrected chi connectivity index (χ0v) is 19.2. The molecule has 4 rings (SSSR count). The molecule has 33 heavy (non-hydrogen) atoms. The SMILES string of the molecule is Cc1cc(C)cc(NC(=O)Cn2c(=O)c(CCC(=O)NC3CCCC3)nc3ccccc32)c1. The van der Waals surface area contributed by atoms with Crippen molar-refractivity contribution < 1.29 is 9.59 Å². The van der Waals surface area contributed by atoms with E-state index in [0.29, 0.717) is 22.4 Å². The highest BCUT2D eigenvalue weighted by molar-refractivity contribution is 5.91. The molecule has 1 heterocycles. The summed E-state index contributed by atoms with van der Waals surface area (Å²) in [6.07, 6.45) is 4.76. The van der Waals surface area contributed by atoms with Crippen LogP contribution in [0.4, 0.5) is 5.69 Å². The number of carbonyl (C=O) groups is 2. The van der Waals surface area contributed by atoms with Gasteiger partial charge >= 0.3 is 0 Å². The summed E-state index contributed by atoms with van der Waals surface area (Å²) in [5.74, 6) is -0.348. The average molecular weight is 447 g/mol. The van der Waals surface area contributed by atoms with Gasteiger partial charge < -0.3 is 10.6 Å². The number of aryl methyl sites for hydroxylation is 3. The van der Waals surface area contributed by atoms with Crippen molar-refractivity contribution in [3.63, 3.8) is 0 Å². The normalized spacial score (nSPS) is 13.9. The fourth-order valence-corrected chi connectivity index (χ4v) is 4.56. The number of amides is 2. The lowest BCUT2D eigenvalue weighted by Crippen LogP contribution is -2.34. The second-order valence-corrected chi connectivity index (χ2v) is 8.91. The third-order valence-corrected chi connectivity index (χ3v) is 6.04. The van der Waals surface area contributed by atoms with Crippen LogP contribution in [0.1, 0.15) is 48.9 Å². The highest BCUT2D eigenvalue weighted by atomic mass is 16.2. The molecular weight excluding hydrogens is 416 g/mol. The van der Waals surface area contributed by atoms with Crippen LogP contribution in [0.3, 0.4) is 0 Å². The molecule has 2 aromatic carbocycles. The first-order chi connectivity index (χ1) is 15.9. The predicted octanol–water partition coefficient (Wildman–Crippen LogP) is 3.64. The molecule has 1 saturated carbocycles. The maximum atomic E-state index is 13.2. The summed E-state index contributed by atoms with van der Waals surface area (Å²) in [4.78, 5) is 42.9. The summed E-state index contributed by atoms with van der Waals surface area (Å²) in [6, 6.07) is 13.3. The summed E-state index contributed by atoms with van der Waals surface area (Å²) in [6.45, 7) is 3.81. The number of rotatable bonds is 7. The minimum Gasteiger partial charge on any atom is -0.353 e. The highest BCUT2D eigenvalue weighted by Gasteiger charge is 2.19. The number of nitrogens with zero attached hydrogens (tertiary/aromatic N) is 2. The van der Waals surface area contributed by atoms with Crippen LogP contribution < -0.4 is 16.2 Å². The van der Waals surface area contributed by atoms with Gasteiger partial charge in [-0.25, -0.2) is 4.98 Å². The molecule has 1 aliphatic carbocycles. The third-order valence-electron chi connectivity index (χ3n) is 6.04. The molecular formula is C26H30N4O3. The second-order valence-electron chi connectivity index (χ2n) is 8.91. The minimum atomic E-state index is -0.335. The quantitative estimate of drug-likeness (QED) is 0.579. The van der Waals surface area contributed by atoms with Gasteiger partial charge in [0.2, 0.25) is 11.8 Å². The molecule has 1 aromatic heterocycles. The molecule has 3 aromatic rings. The van der Waals surface area contributed by atoms with Crippen molar-refractivity contribution >= 4 is 28.5 Å². The van der Waals surface area contributed by atoms with Crippen molar-refractivity contribution in [1.82, 2.24) is 14.9 Å². The summed E-state index contributed by atoms with van der Waals surface area (Å²) < 4.78 is 1.45. The molecule has 0 unspecified atom stereocenters. The van der Waals surface area contributed by atoms with Crippen LogP contribution in [-0.4, -0.2) is 27.4 Å². The number of anilines is 1. The number of para-hydroxylation sites is 2. The molecule has 0 bridgehead atoms. The van der Waals surface area contributed by atoms with Crippen molar-refractivity contribution in [1.29, 1.82) is 0 Å². The number of hydrogen-bond acceptors (Lipinski definition) is 4. The van der Waals surface area contributed by atoms with E-state index in [2.05, 4.69) is 15.6 Å².